The molecule has 5 aromatic carbocycles. The Labute approximate surface area is 451 Å². The van der Waals surface area contributed by atoms with Crippen molar-refractivity contribution in [3.05, 3.63) is 174 Å². The van der Waals surface area contributed by atoms with Crippen LogP contribution in [0.4, 0.5) is 0 Å². The number of carboxylic acid groups (broad SMARTS) is 10. The van der Waals surface area contributed by atoms with E-state index < -0.39 is 210 Å². The fourth-order valence-corrected chi connectivity index (χ4v) is 7.20. The molecule has 0 bridgehead atoms. The summed E-state index contributed by atoms with van der Waals surface area (Å²) in [5.41, 5.74) is -16.4. The van der Waals surface area contributed by atoms with Crippen LogP contribution in [0.15, 0.2) is 91.0 Å². The van der Waals surface area contributed by atoms with Crippen LogP contribution < -0.4 is 0 Å². The first-order chi connectivity index (χ1) is 38.5. The molecule has 31 heteroatoms. The fraction of sp³-hybridized carbons (Fsp3) is 0.0980. The number of hydrogen-bond acceptors (Lipinski definition) is 21. The summed E-state index contributed by atoms with van der Waals surface area (Å²) < 4.78 is 26.8. The van der Waals surface area contributed by atoms with E-state index in [0.29, 0.717) is 91.0 Å². The molecule has 0 amide bonds. The van der Waals surface area contributed by atoms with E-state index in [1.807, 2.05) is 0 Å². The number of carbonyl (C=O) groups excluding carboxylic acids is 6. The lowest BCUT2D eigenvalue weighted by Gasteiger charge is -2.34. The minimum atomic E-state index is -3.30. The molecular formula is C51H32O31. The number of aldehydes is 1. The molecule has 0 aromatic heterocycles. The van der Waals surface area contributed by atoms with Gasteiger partial charge in [-0.2, -0.15) is 0 Å². The van der Waals surface area contributed by atoms with Crippen LogP contribution in [0.1, 0.15) is 155 Å². The van der Waals surface area contributed by atoms with Gasteiger partial charge in [0.25, 0.3) is 0 Å². The molecule has 0 saturated heterocycles. The summed E-state index contributed by atoms with van der Waals surface area (Å²) in [6, 6.07) is 7.60. The molecule has 0 heterocycles. The molecule has 422 valence electrons. The Morgan fingerprint density at radius 2 is 0.549 bits per heavy atom. The predicted molar refractivity (Wildman–Crippen MR) is 255 cm³/mol. The zero-order valence-corrected chi connectivity index (χ0v) is 40.3. The Bertz CT molecular complexity index is 3620. The van der Waals surface area contributed by atoms with Crippen molar-refractivity contribution in [2.24, 2.45) is 0 Å². The average molecular weight is 1140 g/mol. The highest BCUT2D eigenvalue weighted by molar-refractivity contribution is 6.09. The van der Waals surface area contributed by atoms with E-state index in [-0.39, 0.29) is 0 Å². The topological polar surface area (TPSA) is 522 Å². The first kappa shape index (κ1) is 60.7. The van der Waals surface area contributed by atoms with Crippen LogP contribution in [0.3, 0.4) is 0 Å². The molecule has 82 heavy (non-hydrogen) atoms. The monoisotopic (exact) mass is 1140 g/mol. The lowest BCUT2D eigenvalue weighted by molar-refractivity contribution is -0.143. The Morgan fingerprint density at radius 3 is 0.805 bits per heavy atom. The summed E-state index contributed by atoms with van der Waals surface area (Å²) in [5.74, 6) is -29.9. The van der Waals surface area contributed by atoms with Crippen molar-refractivity contribution in [2.75, 3.05) is 6.61 Å². The van der Waals surface area contributed by atoms with E-state index in [9.17, 15) is 128 Å². The van der Waals surface area contributed by atoms with E-state index >= 15 is 0 Å². The Hall–Kier alpha value is -12.2. The standard InChI is InChI=1S/C51H32O31/c52-16-33(79-48(74)29-12-19(38(55)56)2-7-24(29)43(65)66)35(81-50(76)31-14-21(40(59)60)4-9-26(31)45(69)70)36(82-51(77)32-15-22(41(61)62)5-10-27(32)46(71)72)34(80-49(75)30-13-20(39(57)58)3-8-25(30)44(67)68)17-78-47(73)28-11-18(37(53)54)1-6-23(28)42(63)64/h1-16,33-36H,17H2,(H,53,54)(H,55,56)(H,57,58)(H,59,60)(H,61,62)(H,63,64)(H,65,66)(H,67,68)(H,69,70)(H,71,72)/t33-,34+,35+,36+/m0/s1. The highest BCUT2D eigenvalue weighted by Gasteiger charge is 2.47. The van der Waals surface area contributed by atoms with Gasteiger partial charge in [-0.3, -0.25) is 4.79 Å². The van der Waals surface area contributed by atoms with Crippen molar-refractivity contribution in [2.45, 2.75) is 24.4 Å². The van der Waals surface area contributed by atoms with E-state index in [2.05, 4.69) is 0 Å². The van der Waals surface area contributed by atoms with Crippen molar-refractivity contribution < 1.29 is 151 Å². The zero-order valence-electron chi connectivity index (χ0n) is 40.3. The van der Waals surface area contributed by atoms with Crippen LogP contribution >= 0.6 is 0 Å². The molecule has 0 aliphatic heterocycles. The molecule has 0 fully saturated rings. The summed E-state index contributed by atoms with van der Waals surface area (Å²) in [6.07, 6.45) is -13.4. The lowest BCUT2D eigenvalue weighted by atomic mass is 9.99. The third-order valence-corrected chi connectivity index (χ3v) is 11.1. The maximum atomic E-state index is 14.6. The van der Waals surface area contributed by atoms with Crippen LogP contribution in [-0.2, 0) is 28.5 Å². The van der Waals surface area contributed by atoms with Crippen molar-refractivity contribution >= 4 is 95.8 Å². The van der Waals surface area contributed by atoms with Crippen LogP contribution in [0.5, 0.6) is 0 Å². The van der Waals surface area contributed by atoms with Gasteiger partial charge in [-0.05, 0) is 91.0 Å². The molecule has 31 nitrogen and oxygen atoms in total. The number of rotatable bonds is 25. The van der Waals surface area contributed by atoms with Gasteiger partial charge in [0.15, 0.2) is 30.7 Å². The summed E-state index contributed by atoms with van der Waals surface area (Å²) in [5, 5.41) is 98.5. The van der Waals surface area contributed by atoms with Gasteiger partial charge in [0.1, 0.15) is 6.61 Å². The first-order valence-electron chi connectivity index (χ1n) is 22.0. The molecule has 0 aliphatic rings. The van der Waals surface area contributed by atoms with Crippen LogP contribution in [0.2, 0.25) is 0 Å². The van der Waals surface area contributed by atoms with E-state index in [0.717, 1.165) is 0 Å². The van der Waals surface area contributed by atoms with Crippen molar-refractivity contribution in [1.29, 1.82) is 0 Å². The van der Waals surface area contributed by atoms with Gasteiger partial charge < -0.3 is 74.7 Å². The van der Waals surface area contributed by atoms with Crippen molar-refractivity contribution in [3.8, 4) is 0 Å². The molecule has 0 spiro atoms. The second-order valence-electron chi connectivity index (χ2n) is 16.1. The number of ether oxygens (including phenoxy) is 5. The molecule has 10 N–H and O–H groups in total. The van der Waals surface area contributed by atoms with Gasteiger partial charge in [0.05, 0.1) is 83.5 Å². The minimum absolute atomic E-state index is 0.309. The maximum Gasteiger partial charge on any atom is 0.339 e. The zero-order chi connectivity index (χ0) is 61.2. The molecule has 5 aromatic rings. The van der Waals surface area contributed by atoms with Crippen molar-refractivity contribution in [3.63, 3.8) is 0 Å². The Kier molecular flexibility index (Phi) is 18.7. The molecule has 0 aliphatic carbocycles. The smallest absolute Gasteiger partial charge is 0.339 e. The SMILES string of the molecule is O=C[C@H](OC(=O)c1cc(C(=O)O)ccc1C(=O)O)[C@@H](OC(=O)c1cc(C(=O)O)ccc1C(=O)O)[C@H](OC(=O)c1cc(C(=O)O)ccc1C(=O)O)[C@@H](COC(=O)c1cc(C(=O)O)ccc1C(=O)O)OC(=O)c1cc(C(=O)O)ccc1C(=O)O. The van der Waals surface area contributed by atoms with Gasteiger partial charge >= 0.3 is 89.5 Å². The third-order valence-electron chi connectivity index (χ3n) is 11.1. The summed E-state index contributed by atoms with van der Waals surface area (Å²) in [4.78, 5) is 207. The number of benzene rings is 5. The Balaban J connectivity index is 1.92. The third kappa shape index (κ3) is 13.9. The van der Waals surface area contributed by atoms with E-state index in [1.165, 1.54) is 0 Å². The lowest BCUT2D eigenvalue weighted by Crippen LogP contribution is -2.54. The number of esters is 5. The quantitative estimate of drug-likeness (QED) is 0.0228. The molecule has 0 radical (unpaired) electrons. The van der Waals surface area contributed by atoms with Gasteiger partial charge in [0.2, 0.25) is 0 Å². The van der Waals surface area contributed by atoms with Crippen molar-refractivity contribution in [1.82, 2.24) is 0 Å². The van der Waals surface area contributed by atoms with Gasteiger partial charge in [0, 0.05) is 0 Å². The second-order valence-corrected chi connectivity index (χ2v) is 16.1. The number of aromatic carboxylic acids is 10. The van der Waals surface area contributed by atoms with Gasteiger partial charge in [-0.15, -0.1) is 0 Å². The van der Waals surface area contributed by atoms with Crippen LogP contribution in [0, 0.1) is 0 Å². The van der Waals surface area contributed by atoms with E-state index in [4.69, 9.17) is 23.7 Å². The van der Waals surface area contributed by atoms with E-state index in [1.54, 1.807) is 0 Å². The second kappa shape index (κ2) is 25.3. The van der Waals surface area contributed by atoms with Crippen LogP contribution in [-0.4, -0.2) is 178 Å². The van der Waals surface area contributed by atoms with Gasteiger partial charge in [-0.1, -0.05) is 0 Å². The summed E-state index contributed by atoms with van der Waals surface area (Å²) >= 11 is 0. The summed E-state index contributed by atoms with van der Waals surface area (Å²) in [7, 11) is 0. The highest BCUT2D eigenvalue weighted by Crippen LogP contribution is 2.28. The number of carbonyl (C=O) groups is 16. The molecular weight excluding hydrogens is 1110 g/mol. The number of carboxylic acids is 10. The predicted octanol–water partition coefficient (Wildman–Crippen LogP) is 2.93. The van der Waals surface area contributed by atoms with Gasteiger partial charge in [-0.25, -0.2) is 71.9 Å². The highest BCUT2D eigenvalue weighted by atomic mass is 16.6. The molecule has 0 saturated carbocycles. The van der Waals surface area contributed by atoms with Crippen LogP contribution in [0.25, 0.3) is 0 Å². The summed E-state index contributed by atoms with van der Waals surface area (Å²) in [6.45, 7) is -1.91. The largest absolute Gasteiger partial charge is 0.478 e. The molecule has 0 unspecified atom stereocenters. The molecule has 5 rings (SSSR count). The number of hydrogen-bond donors (Lipinski definition) is 10. The minimum Gasteiger partial charge on any atom is -0.478 e. The fourth-order valence-electron chi connectivity index (χ4n) is 7.20. The average Bonchev–Trinajstić information content (AvgIpc) is 3.50. The molecule has 4 atom stereocenters. The Morgan fingerprint density at radius 1 is 0.305 bits per heavy atom. The normalized spacial score (nSPS) is 12.0. The maximum absolute atomic E-state index is 14.6. The first-order valence-corrected chi connectivity index (χ1v) is 22.0.